The van der Waals surface area contributed by atoms with Gasteiger partial charge in [-0.25, -0.2) is 4.79 Å². The summed E-state index contributed by atoms with van der Waals surface area (Å²) in [5.74, 6) is -0.167. The summed E-state index contributed by atoms with van der Waals surface area (Å²) in [4.78, 5) is 23.6. The number of carbonyl (C=O) groups excluding carboxylic acids is 1. The highest BCUT2D eigenvalue weighted by Crippen LogP contribution is 2.23. The average Bonchev–Trinajstić information content (AvgIpc) is 2.73. The molecule has 0 aliphatic rings. The monoisotopic (exact) mass is 440 g/mol. The van der Waals surface area contributed by atoms with E-state index in [0.29, 0.717) is 21.5 Å². The minimum atomic E-state index is -4.12. The third kappa shape index (κ3) is 4.12. The lowest BCUT2D eigenvalue weighted by atomic mass is 10.0. The second-order valence-electron chi connectivity index (χ2n) is 6.35. The van der Waals surface area contributed by atoms with Gasteiger partial charge in [0, 0.05) is 27.6 Å². The minimum Gasteiger partial charge on any atom is -0.423 e. The van der Waals surface area contributed by atoms with Crippen LogP contribution in [0, 0.1) is 0 Å². The van der Waals surface area contributed by atoms with Gasteiger partial charge in [-0.3, -0.25) is 4.79 Å². The number of rotatable bonds is 5. The van der Waals surface area contributed by atoms with E-state index in [1.165, 1.54) is 54.6 Å². The zero-order valence-corrected chi connectivity index (χ0v) is 16.8. The SMILES string of the molecule is O=C(c1ccc(Cl)cc1)c1ccc(OS(=O)(=O)c2ccc3oc(=O)ccc3c2)cc1. The number of hydrogen-bond acceptors (Lipinski definition) is 6. The second kappa shape index (κ2) is 7.78. The van der Waals surface area contributed by atoms with Gasteiger partial charge in [0.25, 0.3) is 0 Å². The highest BCUT2D eigenvalue weighted by molar-refractivity contribution is 7.87. The van der Waals surface area contributed by atoms with Crippen LogP contribution in [0.4, 0.5) is 0 Å². The van der Waals surface area contributed by atoms with Gasteiger partial charge < -0.3 is 8.60 Å². The molecule has 3 aromatic carbocycles. The van der Waals surface area contributed by atoms with E-state index in [4.69, 9.17) is 20.2 Å². The molecule has 0 bridgehead atoms. The van der Waals surface area contributed by atoms with Crippen molar-refractivity contribution in [3.05, 3.63) is 105 Å². The van der Waals surface area contributed by atoms with E-state index in [9.17, 15) is 18.0 Å². The summed E-state index contributed by atoms with van der Waals surface area (Å²) in [6.45, 7) is 0. The molecule has 4 rings (SSSR count). The summed E-state index contributed by atoms with van der Waals surface area (Å²) in [5.41, 5.74) is 0.584. The summed E-state index contributed by atoms with van der Waals surface area (Å²) < 4.78 is 35.3. The number of halogens is 1. The zero-order valence-electron chi connectivity index (χ0n) is 15.2. The van der Waals surface area contributed by atoms with Crippen LogP contribution in [-0.2, 0) is 10.1 Å². The summed E-state index contributed by atoms with van der Waals surface area (Å²) in [6, 6.07) is 18.9. The topological polar surface area (TPSA) is 90.7 Å². The average molecular weight is 441 g/mol. The molecule has 0 radical (unpaired) electrons. The van der Waals surface area contributed by atoms with E-state index in [2.05, 4.69) is 0 Å². The highest BCUT2D eigenvalue weighted by atomic mass is 35.5. The molecular weight excluding hydrogens is 428 g/mol. The van der Waals surface area contributed by atoms with Gasteiger partial charge in [0.1, 0.15) is 16.2 Å². The molecule has 0 spiro atoms. The van der Waals surface area contributed by atoms with Crippen molar-refractivity contribution in [3.8, 4) is 5.75 Å². The van der Waals surface area contributed by atoms with Gasteiger partial charge in [-0.1, -0.05) is 11.6 Å². The quantitative estimate of drug-likeness (QED) is 0.259. The Morgan fingerprint density at radius 2 is 1.47 bits per heavy atom. The minimum absolute atomic E-state index is 0.0577. The highest BCUT2D eigenvalue weighted by Gasteiger charge is 2.18. The Labute approximate surface area is 176 Å². The molecule has 150 valence electrons. The van der Waals surface area contributed by atoms with Crippen LogP contribution in [-0.4, -0.2) is 14.2 Å². The van der Waals surface area contributed by atoms with Crippen molar-refractivity contribution in [1.82, 2.24) is 0 Å². The van der Waals surface area contributed by atoms with Crippen LogP contribution in [0.3, 0.4) is 0 Å². The molecule has 4 aromatic rings. The molecular formula is C22H13ClO6S. The summed E-state index contributed by atoms with van der Waals surface area (Å²) in [6.07, 6.45) is 0. The molecule has 30 heavy (non-hydrogen) atoms. The molecule has 0 amide bonds. The van der Waals surface area contributed by atoms with E-state index in [1.807, 2.05) is 0 Å². The molecule has 1 heterocycles. The van der Waals surface area contributed by atoms with Crippen molar-refractivity contribution in [3.63, 3.8) is 0 Å². The first-order valence-electron chi connectivity index (χ1n) is 8.71. The van der Waals surface area contributed by atoms with Crippen molar-refractivity contribution in [2.75, 3.05) is 0 Å². The fourth-order valence-corrected chi connectivity index (χ4v) is 3.90. The van der Waals surface area contributed by atoms with E-state index in [-0.39, 0.29) is 22.0 Å². The first-order chi connectivity index (χ1) is 14.3. The van der Waals surface area contributed by atoms with Crippen molar-refractivity contribution in [1.29, 1.82) is 0 Å². The lowest BCUT2D eigenvalue weighted by molar-refractivity contribution is 0.103. The Morgan fingerprint density at radius 1 is 0.833 bits per heavy atom. The summed E-state index contributed by atoms with van der Waals surface area (Å²) in [5, 5.41) is 0.972. The number of carbonyl (C=O) groups is 1. The third-order valence-corrected chi connectivity index (χ3v) is 5.80. The molecule has 0 aliphatic carbocycles. The van der Waals surface area contributed by atoms with Gasteiger partial charge >= 0.3 is 15.7 Å². The van der Waals surface area contributed by atoms with Gasteiger partial charge in [-0.2, -0.15) is 8.42 Å². The fraction of sp³-hybridized carbons (Fsp3) is 0. The second-order valence-corrected chi connectivity index (χ2v) is 8.33. The standard InChI is InChI=1S/C22H13ClO6S/c23-17-6-1-14(2-7-17)22(25)15-3-8-18(9-4-15)29-30(26,27)19-10-11-20-16(13-19)5-12-21(24)28-20/h1-13H. The fourth-order valence-electron chi connectivity index (χ4n) is 2.81. The van der Waals surface area contributed by atoms with Crippen LogP contribution < -0.4 is 9.81 Å². The molecule has 0 N–H and O–H groups in total. The normalized spacial score (nSPS) is 11.4. The maximum atomic E-state index is 12.6. The first kappa shape index (κ1) is 19.9. The lowest BCUT2D eigenvalue weighted by Gasteiger charge is -2.08. The Hall–Kier alpha value is -3.42. The van der Waals surface area contributed by atoms with Gasteiger partial charge in [0.15, 0.2) is 5.78 Å². The summed E-state index contributed by atoms with van der Waals surface area (Å²) in [7, 11) is -4.12. The maximum absolute atomic E-state index is 12.6. The van der Waals surface area contributed by atoms with Crippen LogP contribution in [0.25, 0.3) is 11.0 Å². The zero-order chi connectivity index (χ0) is 21.3. The first-order valence-corrected chi connectivity index (χ1v) is 10.5. The Balaban J connectivity index is 1.56. The predicted molar refractivity (Wildman–Crippen MR) is 112 cm³/mol. The number of fused-ring (bicyclic) bond motifs is 1. The van der Waals surface area contributed by atoms with Crippen LogP contribution in [0.5, 0.6) is 5.75 Å². The predicted octanol–water partition coefficient (Wildman–Crippen LogP) is 4.45. The molecule has 0 saturated carbocycles. The maximum Gasteiger partial charge on any atom is 0.339 e. The van der Waals surface area contributed by atoms with E-state index in [0.717, 1.165) is 0 Å². The third-order valence-electron chi connectivity index (χ3n) is 4.31. The molecule has 8 heteroatoms. The summed E-state index contributed by atoms with van der Waals surface area (Å²) >= 11 is 5.83. The molecule has 0 atom stereocenters. The largest absolute Gasteiger partial charge is 0.423 e. The van der Waals surface area contributed by atoms with Crippen molar-refractivity contribution in [2.24, 2.45) is 0 Å². The van der Waals surface area contributed by atoms with Gasteiger partial charge in [-0.05, 0) is 72.8 Å². The Bertz CT molecular complexity index is 1400. The van der Waals surface area contributed by atoms with E-state index < -0.39 is 15.7 Å². The van der Waals surface area contributed by atoms with Crippen LogP contribution in [0.2, 0.25) is 5.02 Å². The molecule has 0 unspecified atom stereocenters. The Kier molecular flexibility index (Phi) is 5.15. The van der Waals surface area contributed by atoms with Crippen LogP contribution in [0.15, 0.2) is 93.0 Å². The molecule has 0 aliphatic heterocycles. The Morgan fingerprint density at radius 3 is 2.13 bits per heavy atom. The smallest absolute Gasteiger partial charge is 0.339 e. The van der Waals surface area contributed by atoms with Crippen molar-refractivity contribution in [2.45, 2.75) is 4.90 Å². The molecule has 1 aromatic heterocycles. The van der Waals surface area contributed by atoms with Gasteiger partial charge in [0.2, 0.25) is 0 Å². The lowest BCUT2D eigenvalue weighted by Crippen LogP contribution is -2.10. The molecule has 0 fully saturated rings. The van der Waals surface area contributed by atoms with Crippen LogP contribution in [0.1, 0.15) is 15.9 Å². The van der Waals surface area contributed by atoms with Crippen molar-refractivity contribution >= 4 is 38.5 Å². The van der Waals surface area contributed by atoms with E-state index in [1.54, 1.807) is 24.3 Å². The van der Waals surface area contributed by atoms with Crippen LogP contribution >= 0.6 is 11.6 Å². The number of ketones is 1. The molecule has 6 nitrogen and oxygen atoms in total. The van der Waals surface area contributed by atoms with Gasteiger partial charge in [0.05, 0.1) is 0 Å². The number of hydrogen-bond donors (Lipinski definition) is 0. The van der Waals surface area contributed by atoms with Crippen molar-refractivity contribution < 1.29 is 21.8 Å². The molecule has 0 saturated heterocycles. The number of benzene rings is 3. The van der Waals surface area contributed by atoms with E-state index >= 15 is 0 Å². The van der Waals surface area contributed by atoms with Gasteiger partial charge in [-0.15, -0.1) is 0 Å².